The summed E-state index contributed by atoms with van der Waals surface area (Å²) in [5.41, 5.74) is 7.41. The lowest BCUT2D eigenvalue weighted by Crippen LogP contribution is -2.26. The van der Waals surface area contributed by atoms with Crippen LogP contribution < -0.4 is 10.7 Å². The van der Waals surface area contributed by atoms with Gasteiger partial charge in [0.1, 0.15) is 0 Å². The molecule has 0 aliphatic heterocycles. The molecule has 5 heteroatoms. The van der Waals surface area contributed by atoms with E-state index in [2.05, 4.69) is 39.0 Å². The molecule has 21 heavy (non-hydrogen) atoms. The highest BCUT2D eigenvalue weighted by molar-refractivity contribution is 7.80. The molecule has 1 aliphatic rings. The third-order valence-electron chi connectivity index (χ3n) is 3.40. The van der Waals surface area contributed by atoms with Crippen molar-refractivity contribution >= 4 is 28.7 Å². The maximum Gasteiger partial charge on any atom is 0.191 e. The second-order valence-electron chi connectivity index (χ2n) is 4.88. The molecule has 0 unspecified atom stereocenters. The Kier molecular flexibility index (Phi) is 4.21. The van der Waals surface area contributed by atoms with Crippen molar-refractivity contribution in [1.82, 2.24) is 10.4 Å². The van der Waals surface area contributed by atoms with E-state index in [1.54, 1.807) is 12.4 Å². The zero-order valence-electron chi connectivity index (χ0n) is 11.5. The minimum absolute atomic E-state index is 0.471. The lowest BCUT2D eigenvalue weighted by Gasteiger charge is -2.17. The molecule has 0 saturated carbocycles. The van der Waals surface area contributed by atoms with Crippen LogP contribution in [0, 0.1) is 0 Å². The second-order valence-corrected chi connectivity index (χ2v) is 5.29. The first-order chi connectivity index (χ1) is 10.3. The number of hydrogen-bond donors (Lipinski definition) is 2. The molecule has 2 aromatic rings. The van der Waals surface area contributed by atoms with Gasteiger partial charge in [-0.05, 0) is 49.2 Å². The molecule has 1 aromatic carbocycles. The van der Waals surface area contributed by atoms with Crippen LogP contribution in [0.5, 0.6) is 0 Å². The van der Waals surface area contributed by atoms with E-state index in [-0.39, 0.29) is 0 Å². The molecule has 0 radical (unpaired) electrons. The van der Waals surface area contributed by atoms with Crippen LogP contribution in [-0.4, -0.2) is 15.8 Å². The Labute approximate surface area is 129 Å². The molecule has 2 N–H and O–H groups in total. The third kappa shape index (κ3) is 3.44. The van der Waals surface area contributed by atoms with E-state index >= 15 is 0 Å². The molecule has 0 saturated heterocycles. The smallest absolute Gasteiger partial charge is 0.191 e. The molecule has 3 rings (SSSR count). The first-order valence-corrected chi connectivity index (χ1v) is 7.35. The number of hydrazone groups is 1. The van der Waals surface area contributed by atoms with Crippen molar-refractivity contribution in [3.05, 3.63) is 59.9 Å². The standard InChI is InChI=1S/C16H16N4S/c21-16(18-13-7-4-10-17-11-13)20-19-15-9-3-6-12-5-1-2-8-14(12)15/h1-2,4-5,7-8,10-11H,3,6,9H2,(H2,18,20,21). The molecule has 0 bridgehead atoms. The van der Waals surface area contributed by atoms with Crippen LogP contribution in [0.2, 0.25) is 0 Å². The lowest BCUT2D eigenvalue weighted by atomic mass is 9.90. The Morgan fingerprint density at radius 3 is 2.90 bits per heavy atom. The lowest BCUT2D eigenvalue weighted by molar-refractivity contribution is 0.828. The summed E-state index contributed by atoms with van der Waals surface area (Å²) in [5, 5.41) is 7.99. The molecule has 0 atom stereocenters. The average Bonchev–Trinajstić information content (AvgIpc) is 2.54. The first-order valence-electron chi connectivity index (χ1n) is 6.95. The van der Waals surface area contributed by atoms with Gasteiger partial charge in [-0.15, -0.1) is 0 Å². The van der Waals surface area contributed by atoms with Gasteiger partial charge >= 0.3 is 0 Å². The molecular formula is C16H16N4S. The predicted octanol–water partition coefficient (Wildman–Crippen LogP) is 3.11. The molecule has 0 amide bonds. The maximum absolute atomic E-state index is 5.25. The van der Waals surface area contributed by atoms with Crippen molar-refractivity contribution in [2.45, 2.75) is 19.3 Å². The number of rotatable bonds is 2. The number of nitrogens with one attached hydrogen (secondary N) is 2. The van der Waals surface area contributed by atoms with Crippen LogP contribution in [0.3, 0.4) is 0 Å². The van der Waals surface area contributed by atoms with E-state index in [0.29, 0.717) is 5.11 Å². The van der Waals surface area contributed by atoms with Crippen LogP contribution in [0.1, 0.15) is 24.0 Å². The number of fused-ring (bicyclic) bond motifs is 1. The van der Waals surface area contributed by atoms with Crippen LogP contribution in [0.15, 0.2) is 53.9 Å². The van der Waals surface area contributed by atoms with Crippen molar-refractivity contribution < 1.29 is 0 Å². The van der Waals surface area contributed by atoms with Crippen LogP contribution in [0.25, 0.3) is 0 Å². The predicted molar refractivity (Wildman–Crippen MR) is 89.5 cm³/mol. The van der Waals surface area contributed by atoms with Gasteiger partial charge in [-0.25, -0.2) is 0 Å². The van der Waals surface area contributed by atoms with Crippen LogP contribution >= 0.6 is 12.2 Å². The van der Waals surface area contributed by atoms with Gasteiger partial charge in [-0.3, -0.25) is 10.4 Å². The number of thiocarbonyl (C=S) groups is 1. The summed E-state index contributed by atoms with van der Waals surface area (Å²) in [6.07, 6.45) is 6.66. The molecule has 0 fully saturated rings. The minimum atomic E-state index is 0.471. The van der Waals surface area contributed by atoms with E-state index in [1.807, 2.05) is 18.2 Å². The Morgan fingerprint density at radius 2 is 2.05 bits per heavy atom. The Balaban J connectivity index is 1.68. The number of aryl methyl sites for hydroxylation is 1. The molecule has 1 aliphatic carbocycles. The quantitative estimate of drug-likeness (QED) is 0.660. The van der Waals surface area contributed by atoms with Crippen LogP contribution in [0.4, 0.5) is 5.69 Å². The maximum atomic E-state index is 5.25. The van der Waals surface area contributed by atoms with Crippen LogP contribution in [-0.2, 0) is 6.42 Å². The summed E-state index contributed by atoms with van der Waals surface area (Å²) in [7, 11) is 0. The second kappa shape index (κ2) is 6.45. The summed E-state index contributed by atoms with van der Waals surface area (Å²) in [6.45, 7) is 0. The molecule has 1 aromatic heterocycles. The molecule has 4 nitrogen and oxygen atoms in total. The summed E-state index contributed by atoms with van der Waals surface area (Å²) in [6, 6.07) is 12.2. The van der Waals surface area contributed by atoms with Gasteiger partial charge in [0, 0.05) is 11.8 Å². The number of hydrogen-bond acceptors (Lipinski definition) is 3. The number of anilines is 1. The van der Waals surface area contributed by atoms with Gasteiger partial charge in [0.25, 0.3) is 0 Å². The minimum Gasteiger partial charge on any atom is -0.330 e. The third-order valence-corrected chi connectivity index (χ3v) is 3.59. The summed E-state index contributed by atoms with van der Waals surface area (Å²) >= 11 is 5.25. The number of aromatic nitrogens is 1. The fraction of sp³-hybridized carbons (Fsp3) is 0.188. The van der Waals surface area contributed by atoms with Gasteiger partial charge in [0.15, 0.2) is 5.11 Å². The molecular weight excluding hydrogens is 280 g/mol. The zero-order chi connectivity index (χ0) is 14.5. The van der Waals surface area contributed by atoms with E-state index in [4.69, 9.17) is 12.2 Å². The number of benzene rings is 1. The van der Waals surface area contributed by atoms with Gasteiger partial charge in [-0.2, -0.15) is 5.10 Å². The van der Waals surface area contributed by atoms with Crippen molar-refractivity contribution in [1.29, 1.82) is 0 Å². The summed E-state index contributed by atoms with van der Waals surface area (Å²) < 4.78 is 0. The van der Waals surface area contributed by atoms with Crippen molar-refractivity contribution in [2.24, 2.45) is 5.10 Å². The zero-order valence-corrected chi connectivity index (χ0v) is 12.4. The monoisotopic (exact) mass is 296 g/mol. The van der Waals surface area contributed by atoms with Gasteiger partial charge in [0.2, 0.25) is 0 Å². The van der Waals surface area contributed by atoms with E-state index < -0.39 is 0 Å². The van der Waals surface area contributed by atoms with E-state index in [1.165, 1.54) is 11.1 Å². The Bertz CT molecular complexity index is 667. The Hall–Kier alpha value is -2.27. The van der Waals surface area contributed by atoms with Crippen molar-refractivity contribution in [2.75, 3.05) is 5.32 Å². The molecule has 0 spiro atoms. The van der Waals surface area contributed by atoms with E-state index in [0.717, 1.165) is 30.7 Å². The fourth-order valence-corrected chi connectivity index (χ4v) is 2.59. The molecule has 106 valence electrons. The van der Waals surface area contributed by atoms with Crippen molar-refractivity contribution in [3.63, 3.8) is 0 Å². The highest BCUT2D eigenvalue weighted by Crippen LogP contribution is 2.21. The average molecular weight is 296 g/mol. The SMILES string of the molecule is S=C(NN=C1CCCc2ccccc21)Nc1cccnc1. The fourth-order valence-electron chi connectivity index (χ4n) is 2.43. The number of nitrogens with zero attached hydrogens (tertiary/aromatic N) is 2. The Morgan fingerprint density at radius 1 is 1.14 bits per heavy atom. The van der Waals surface area contributed by atoms with E-state index in [9.17, 15) is 0 Å². The normalized spacial score (nSPS) is 15.3. The van der Waals surface area contributed by atoms with Gasteiger partial charge in [0.05, 0.1) is 17.6 Å². The largest absolute Gasteiger partial charge is 0.330 e. The highest BCUT2D eigenvalue weighted by atomic mass is 32.1. The van der Waals surface area contributed by atoms with Gasteiger partial charge in [-0.1, -0.05) is 24.3 Å². The topological polar surface area (TPSA) is 49.3 Å². The molecule has 1 heterocycles. The summed E-state index contributed by atoms with van der Waals surface area (Å²) in [5.74, 6) is 0. The van der Waals surface area contributed by atoms with Gasteiger partial charge < -0.3 is 5.32 Å². The summed E-state index contributed by atoms with van der Waals surface area (Å²) in [4.78, 5) is 4.03. The van der Waals surface area contributed by atoms with Crippen molar-refractivity contribution in [3.8, 4) is 0 Å². The number of pyridine rings is 1. The highest BCUT2D eigenvalue weighted by Gasteiger charge is 2.14. The first kappa shape index (κ1) is 13.7.